The Balaban J connectivity index is 1.73. The van der Waals surface area contributed by atoms with Crippen LogP contribution in [0.3, 0.4) is 0 Å². The number of methoxy groups -OCH3 is 1. The second kappa shape index (κ2) is 10.3. The molecule has 2 unspecified atom stereocenters. The van der Waals surface area contributed by atoms with Gasteiger partial charge in [0.15, 0.2) is 0 Å². The number of carbonyl (C=O) groups excluding carboxylic acids is 1. The molecule has 1 heterocycles. The summed E-state index contributed by atoms with van der Waals surface area (Å²) >= 11 is 6.60. The summed E-state index contributed by atoms with van der Waals surface area (Å²) in [5.74, 6) is -0.507. The Hall–Kier alpha value is -2.08. The highest BCUT2D eigenvalue weighted by Gasteiger charge is 2.45. The van der Waals surface area contributed by atoms with Crippen molar-refractivity contribution in [3.05, 3.63) is 65.7 Å². The van der Waals surface area contributed by atoms with Crippen LogP contribution in [0.25, 0.3) is 0 Å². The van der Waals surface area contributed by atoms with Gasteiger partial charge < -0.3 is 19.5 Å². The van der Waals surface area contributed by atoms with Crippen molar-refractivity contribution >= 4 is 17.6 Å². The van der Waals surface area contributed by atoms with Crippen LogP contribution in [0.4, 0.5) is 0 Å². The van der Waals surface area contributed by atoms with Crippen LogP contribution >= 0.6 is 11.6 Å². The van der Waals surface area contributed by atoms with Crippen molar-refractivity contribution < 1.29 is 19.4 Å². The van der Waals surface area contributed by atoms with Gasteiger partial charge in [0.2, 0.25) is 0 Å². The van der Waals surface area contributed by atoms with Crippen LogP contribution in [0, 0.1) is 0 Å². The molecule has 0 aliphatic carbocycles. The van der Waals surface area contributed by atoms with Crippen molar-refractivity contribution in [3.63, 3.8) is 0 Å². The predicted molar refractivity (Wildman–Crippen MR) is 118 cm³/mol. The van der Waals surface area contributed by atoms with Crippen molar-refractivity contribution in [2.24, 2.45) is 0 Å². The number of carbonyl (C=O) groups is 1. The molecule has 5 nitrogen and oxygen atoms in total. The summed E-state index contributed by atoms with van der Waals surface area (Å²) in [4.78, 5) is 15.1. The van der Waals surface area contributed by atoms with E-state index in [1.165, 1.54) is 0 Å². The molecule has 0 aromatic heterocycles. The van der Waals surface area contributed by atoms with Gasteiger partial charge in [0.1, 0.15) is 11.7 Å². The van der Waals surface area contributed by atoms with Gasteiger partial charge in [0.05, 0.1) is 24.7 Å². The smallest absolute Gasteiger partial charge is 0.316 e. The normalized spacial score (nSPS) is 18.4. The zero-order valence-corrected chi connectivity index (χ0v) is 18.3. The number of nitrogens with zero attached hydrogens (tertiary/aromatic N) is 1. The molecule has 3 rings (SSSR count). The quantitative estimate of drug-likeness (QED) is 0.502. The number of ether oxygens (including phenoxy) is 2. The fourth-order valence-corrected chi connectivity index (χ4v) is 4.46. The first-order valence-electron chi connectivity index (χ1n) is 10.4. The zero-order chi connectivity index (χ0) is 21.6. The number of benzene rings is 2. The standard InChI is InChI=1S/C24H30ClNO4/c1-3-30-23(27)22(19-10-7-11-20(16-19)29-2)24(28)12-14-26(15-13-24)17-21(25)18-8-5-4-6-9-18/h4-11,16,21-22,28H,3,12-15,17H2,1-2H3. The summed E-state index contributed by atoms with van der Waals surface area (Å²) in [6.45, 7) is 4.06. The number of halogens is 1. The summed E-state index contributed by atoms with van der Waals surface area (Å²) in [6.07, 6.45) is 0.929. The van der Waals surface area contributed by atoms with Crippen molar-refractivity contribution in [1.29, 1.82) is 0 Å². The summed E-state index contributed by atoms with van der Waals surface area (Å²) in [5, 5.41) is 11.4. The van der Waals surface area contributed by atoms with Crippen molar-refractivity contribution in [1.82, 2.24) is 4.90 Å². The van der Waals surface area contributed by atoms with Crippen molar-refractivity contribution in [3.8, 4) is 5.75 Å². The summed E-state index contributed by atoms with van der Waals surface area (Å²) in [6, 6.07) is 17.3. The van der Waals surface area contributed by atoms with Gasteiger partial charge in [-0.2, -0.15) is 0 Å². The largest absolute Gasteiger partial charge is 0.497 e. The SMILES string of the molecule is CCOC(=O)C(c1cccc(OC)c1)C1(O)CCN(CC(Cl)c2ccccc2)CC1. The minimum atomic E-state index is -1.18. The molecule has 0 spiro atoms. The van der Waals surface area contributed by atoms with E-state index in [1.807, 2.05) is 48.5 Å². The maximum absolute atomic E-state index is 12.8. The highest BCUT2D eigenvalue weighted by atomic mass is 35.5. The number of likely N-dealkylation sites (tertiary alicyclic amines) is 1. The van der Waals surface area contributed by atoms with E-state index in [2.05, 4.69) is 4.90 Å². The number of hydrogen-bond acceptors (Lipinski definition) is 5. The molecule has 2 atom stereocenters. The Labute approximate surface area is 183 Å². The molecule has 2 aromatic carbocycles. The van der Waals surface area contributed by atoms with Crippen LogP contribution in [0.5, 0.6) is 5.75 Å². The van der Waals surface area contributed by atoms with E-state index in [9.17, 15) is 9.90 Å². The van der Waals surface area contributed by atoms with E-state index in [0.717, 1.165) is 5.56 Å². The van der Waals surface area contributed by atoms with Crippen LogP contribution in [0.2, 0.25) is 0 Å². The average Bonchev–Trinajstić information content (AvgIpc) is 2.76. The third-order valence-electron chi connectivity index (χ3n) is 5.79. The molecule has 1 saturated heterocycles. The van der Waals surface area contributed by atoms with Gasteiger partial charge >= 0.3 is 5.97 Å². The number of rotatable bonds is 8. The molecule has 1 N–H and O–H groups in total. The van der Waals surface area contributed by atoms with Crippen molar-refractivity contribution in [2.45, 2.75) is 36.7 Å². The van der Waals surface area contributed by atoms with Gasteiger partial charge in [-0.3, -0.25) is 4.79 Å². The van der Waals surface area contributed by atoms with Gasteiger partial charge in [0.25, 0.3) is 0 Å². The molecular formula is C24H30ClNO4. The lowest BCUT2D eigenvalue weighted by atomic mass is 9.75. The molecule has 30 heavy (non-hydrogen) atoms. The van der Waals surface area contributed by atoms with Crippen LogP contribution in [-0.4, -0.2) is 54.9 Å². The maximum Gasteiger partial charge on any atom is 0.316 e. The topological polar surface area (TPSA) is 59.0 Å². The molecule has 1 fully saturated rings. The molecule has 0 radical (unpaired) electrons. The van der Waals surface area contributed by atoms with E-state index >= 15 is 0 Å². The summed E-state index contributed by atoms with van der Waals surface area (Å²) in [5.41, 5.74) is 0.618. The number of aliphatic hydroxyl groups is 1. The molecule has 0 saturated carbocycles. The molecule has 162 valence electrons. The van der Waals surface area contributed by atoms with Gasteiger partial charge in [0, 0.05) is 19.6 Å². The second-order valence-corrected chi connectivity index (χ2v) is 8.27. The van der Waals surface area contributed by atoms with E-state index in [4.69, 9.17) is 21.1 Å². The molecule has 1 aliphatic rings. The van der Waals surface area contributed by atoms with Gasteiger partial charge in [-0.25, -0.2) is 0 Å². The average molecular weight is 432 g/mol. The molecular weight excluding hydrogens is 402 g/mol. The highest BCUT2D eigenvalue weighted by Crippen LogP contribution is 2.39. The van der Waals surface area contributed by atoms with Gasteiger partial charge in [-0.1, -0.05) is 42.5 Å². The van der Waals surface area contributed by atoms with Crippen LogP contribution < -0.4 is 4.74 Å². The minimum Gasteiger partial charge on any atom is -0.497 e. The van der Waals surface area contributed by atoms with Gasteiger partial charge in [-0.05, 0) is 43.0 Å². The van der Waals surface area contributed by atoms with E-state index in [1.54, 1.807) is 20.1 Å². The van der Waals surface area contributed by atoms with E-state index in [-0.39, 0.29) is 12.0 Å². The van der Waals surface area contributed by atoms with E-state index < -0.39 is 17.5 Å². The molecule has 1 aliphatic heterocycles. The molecule has 6 heteroatoms. The molecule has 0 amide bonds. The minimum absolute atomic E-state index is 0.114. The fourth-order valence-electron chi connectivity index (χ4n) is 4.12. The zero-order valence-electron chi connectivity index (χ0n) is 17.6. The Morgan fingerprint density at radius 3 is 2.43 bits per heavy atom. The Morgan fingerprint density at radius 1 is 1.13 bits per heavy atom. The molecule has 0 bridgehead atoms. The lowest BCUT2D eigenvalue weighted by molar-refractivity contribution is -0.155. The number of esters is 1. The van der Waals surface area contributed by atoms with Crippen molar-refractivity contribution in [2.75, 3.05) is 33.4 Å². The number of piperidine rings is 1. The van der Waals surface area contributed by atoms with Gasteiger partial charge in [-0.15, -0.1) is 11.6 Å². The van der Waals surface area contributed by atoms with Crippen LogP contribution in [-0.2, 0) is 9.53 Å². The number of alkyl halides is 1. The first kappa shape index (κ1) is 22.6. The Kier molecular flexibility index (Phi) is 7.75. The molecule has 2 aromatic rings. The lowest BCUT2D eigenvalue weighted by Gasteiger charge is -2.42. The Morgan fingerprint density at radius 2 is 1.80 bits per heavy atom. The third kappa shape index (κ3) is 5.34. The summed E-state index contributed by atoms with van der Waals surface area (Å²) < 4.78 is 10.6. The Bertz CT molecular complexity index is 821. The van der Waals surface area contributed by atoms with Crippen LogP contribution in [0.1, 0.15) is 42.2 Å². The van der Waals surface area contributed by atoms with Crippen LogP contribution in [0.15, 0.2) is 54.6 Å². The maximum atomic E-state index is 12.8. The lowest BCUT2D eigenvalue weighted by Crippen LogP contribution is -2.50. The highest BCUT2D eigenvalue weighted by molar-refractivity contribution is 6.21. The van der Waals surface area contributed by atoms with E-state index in [0.29, 0.717) is 43.8 Å². The summed E-state index contributed by atoms with van der Waals surface area (Å²) in [7, 11) is 1.58. The fraction of sp³-hybridized carbons (Fsp3) is 0.458. The third-order valence-corrected chi connectivity index (χ3v) is 6.18. The number of hydrogen-bond donors (Lipinski definition) is 1. The second-order valence-electron chi connectivity index (χ2n) is 7.74. The first-order valence-corrected chi connectivity index (χ1v) is 10.8. The first-order chi connectivity index (χ1) is 14.5. The predicted octanol–water partition coefficient (Wildman–Crippen LogP) is 4.15. The monoisotopic (exact) mass is 431 g/mol.